The largest absolute Gasteiger partial charge is 0.497 e. The average Bonchev–Trinajstić information content (AvgIpc) is 2.36. The highest BCUT2D eigenvalue weighted by molar-refractivity contribution is 6.23. The molecule has 17 heavy (non-hydrogen) atoms. The first-order valence-electron chi connectivity index (χ1n) is 5.32. The van der Waals surface area contributed by atoms with Gasteiger partial charge in [-0.05, 0) is 24.6 Å². The van der Waals surface area contributed by atoms with Crippen molar-refractivity contribution in [2.75, 3.05) is 13.7 Å². The highest BCUT2D eigenvalue weighted by Gasteiger charge is 1.95. The van der Waals surface area contributed by atoms with Crippen LogP contribution in [0.1, 0.15) is 12.5 Å². The fourth-order valence-electron chi connectivity index (χ4n) is 1.16. The lowest BCUT2D eigenvalue weighted by Crippen LogP contribution is -2.10. The molecule has 5 heteroatoms. The number of nitrogens with zero attached hydrogens (tertiary/aromatic N) is 1. The van der Waals surface area contributed by atoms with Crippen LogP contribution in [-0.2, 0) is 16.1 Å². The Balaban J connectivity index is 2.32. The number of nitrogens with one attached hydrogen (secondary N) is 1. The van der Waals surface area contributed by atoms with Crippen molar-refractivity contribution >= 4 is 12.2 Å². The van der Waals surface area contributed by atoms with Crippen LogP contribution in [0, 0.1) is 0 Å². The molecular weight excluding hydrogens is 220 g/mol. The summed E-state index contributed by atoms with van der Waals surface area (Å²) in [5.74, 6) is 0.360. The van der Waals surface area contributed by atoms with Gasteiger partial charge in [-0.25, -0.2) is 4.79 Å². The quantitative estimate of drug-likeness (QED) is 0.460. The second kappa shape index (κ2) is 7.27. The molecule has 0 spiro atoms. The normalized spacial score (nSPS) is 10.2. The molecule has 0 saturated carbocycles. The van der Waals surface area contributed by atoms with Crippen molar-refractivity contribution in [2.24, 2.45) is 5.10 Å². The molecule has 0 bridgehead atoms. The Labute approximate surface area is 100 Å². The van der Waals surface area contributed by atoms with Crippen molar-refractivity contribution in [3.8, 4) is 5.75 Å². The molecule has 0 amide bonds. The Morgan fingerprint density at radius 3 is 2.71 bits per heavy atom. The van der Waals surface area contributed by atoms with Gasteiger partial charge in [-0.3, -0.25) is 0 Å². The van der Waals surface area contributed by atoms with E-state index in [4.69, 9.17) is 4.74 Å². The van der Waals surface area contributed by atoms with Crippen LogP contribution in [-0.4, -0.2) is 25.9 Å². The molecule has 1 rings (SSSR count). The molecule has 0 atom stereocenters. The third-order valence-corrected chi connectivity index (χ3v) is 1.99. The van der Waals surface area contributed by atoms with Crippen LogP contribution in [0.5, 0.6) is 5.75 Å². The molecule has 5 nitrogen and oxygen atoms in total. The van der Waals surface area contributed by atoms with E-state index in [1.165, 1.54) is 0 Å². The first kappa shape index (κ1) is 13.0. The predicted octanol–water partition coefficient (Wildman–Crippen LogP) is 1.33. The zero-order valence-electron chi connectivity index (χ0n) is 9.97. The lowest BCUT2D eigenvalue weighted by molar-refractivity contribution is -0.134. The number of hydrogen-bond donors (Lipinski definition) is 1. The van der Waals surface area contributed by atoms with Gasteiger partial charge in [0.15, 0.2) is 0 Å². The first-order chi connectivity index (χ1) is 8.26. The summed E-state index contributed by atoms with van der Waals surface area (Å²) in [4.78, 5) is 10.9. The highest BCUT2D eigenvalue weighted by Crippen LogP contribution is 2.10. The van der Waals surface area contributed by atoms with Gasteiger partial charge in [0.1, 0.15) is 12.0 Å². The molecule has 0 aliphatic heterocycles. The topological polar surface area (TPSA) is 59.9 Å². The molecule has 92 valence electrons. The van der Waals surface area contributed by atoms with E-state index in [1.807, 2.05) is 24.3 Å². The van der Waals surface area contributed by atoms with Gasteiger partial charge in [-0.1, -0.05) is 12.1 Å². The standard InChI is InChI=1S/C12H16N2O3/c1-3-17-12(15)9-14-13-8-10-4-6-11(16-2)7-5-10/h4-7,9,13H,3,8H2,1-2H3/b14-9+. The number of ether oxygens (including phenoxy) is 2. The smallest absolute Gasteiger partial charge is 0.351 e. The third kappa shape index (κ3) is 5.01. The maximum Gasteiger partial charge on any atom is 0.351 e. The van der Waals surface area contributed by atoms with Crippen LogP contribution in [0.4, 0.5) is 0 Å². The van der Waals surface area contributed by atoms with E-state index in [-0.39, 0.29) is 0 Å². The van der Waals surface area contributed by atoms with Gasteiger partial charge in [-0.15, -0.1) is 0 Å². The second-order valence-electron chi connectivity index (χ2n) is 3.19. The Kier molecular flexibility index (Phi) is 5.57. The van der Waals surface area contributed by atoms with E-state index in [0.717, 1.165) is 17.5 Å². The number of benzene rings is 1. The summed E-state index contributed by atoms with van der Waals surface area (Å²) in [5, 5.41) is 3.75. The van der Waals surface area contributed by atoms with Gasteiger partial charge in [0.25, 0.3) is 0 Å². The van der Waals surface area contributed by atoms with Crippen molar-refractivity contribution < 1.29 is 14.3 Å². The maximum absolute atomic E-state index is 10.9. The number of carbonyl (C=O) groups excluding carboxylic acids is 1. The van der Waals surface area contributed by atoms with E-state index < -0.39 is 5.97 Å². The van der Waals surface area contributed by atoms with Crippen molar-refractivity contribution in [1.29, 1.82) is 0 Å². The Bertz CT molecular complexity index is 374. The van der Waals surface area contributed by atoms with Gasteiger partial charge in [0.05, 0.1) is 20.3 Å². The van der Waals surface area contributed by atoms with E-state index in [9.17, 15) is 4.79 Å². The van der Waals surface area contributed by atoms with Gasteiger partial charge < -0.3 is 14.9 Å². The summed E-state index contributed by atoms with van der Waals surface area (Å²) >= 11 is 0. The Morgan fingerprint density at radius 1 is 1.41 bits per heavy atom. The summed E-state index contributed by atoms with van der Waals surface area (Å²) in [7, 11) is 1.62. The molecule has 0 radical (unpaired) electrons. The molecule has 0 aromatic heterocycles. The summed E-state index contributed by atoms with van der Waals surface area (Å²) in [6.45, 7) is 2.64. The molecule has 0 heterocycles. The van der Waals surface area contributed by atoms with Crippen molar-refractivity contribution in [1.82, 2.24) is 5.43 Å². The van der Waals surface area contributed by atoms with Crippen LogP contribution >= 0.6 is 0 Å². The number of esters is 1. The predicted molar refractivity (Wildman–Crippen MR) is 65.0 cm³/mol. The maximum atomic E-state index is 10.9. The lowest BCUT2D eigenvalue weighted by Gasteiger charge is -2.02. The fourth-order valence-corrected chi connectivity index (χ4v) is 1.16. The van der Waals surface area contributed by atoms with E-state index in [0.29, 0.717) is 13.2 Å². The zero-order chi connectivity index (χ0) is 12.5. The second-order valence-corrected chi connectivity index (χ2v) is 3.19. The molecule has 1 aromatic rings. The highest BCUT2D eigenvalue weighted by atomic mass is 16.5. The minimum atomic E-state index is -0.449. The van der Waals surface area contributed by atoms with Crippen LogP contribution < -0.4 is 10.2 Å². The molecule has 0 aliphatic rings. The van der Waals surface area contributed by atoms with Crippen molar-refractivity contribution in [2.45, 2.75) is 13.5 Å². The van der Waals surface area contributed by atoms with Crippen LogP contribution in [0.2, 0.25) is 0 Å². The molecule has 0 saturated heterocycles. The van der Waals surface area contributed by atoms with Crippen molar-refractivity contribution in [3.63, 3.8) is 0 Å². The molecule has 0 unspecified atom stereocenters. The van der Waals surface area contributed by atoms with Crippen LogP contribution in [0.15, 0.2) is 29.4 Å². The molecule has 0 fully saturated rings. The summed E-state index contributed by atoms with van der Waals surface area (Å²) < 4.78 is 9.72. The molecule has 0 aliphatic carbocycles. The molecule has 1 N–H and O–H groups in total. The van der Waals surface area contributed by atoms with E-state index in [1.54, 1.807) is 14.0 Å². The summed E-state index contributed by atoms with van der Waals surface area (Å²) in [5.41, 5.74) is 3.80. The number of hydrogen-bond acceptors (Lipinski definition) is 5. The minimum absolute atomic E-state index is 0.351. The average molecular weight is 236 g/mol. The van der Waals surface area contributed by atoms with Crippen LogP contribution in [0.3, 0.4) is 0 Å². The first-order valence-corrected chi connectivity index (χ1v) is 5.32. The number of hydrazone groups is 1. The Hall–Kier alpha value is -2.04. The third-order valence-electron chi connectivity index (χ3n) is 1.99. The monoisotopic (exact) mass is 236 g/mol. The fraction of sp³-hybridized carbons (Fsp3) is 0.333. The lowest BCUT2D eigenvalue weighted by atomic mass is 10.2. The van der Waals surface area contributed by atoms with Gasteiger partial charge in [0, 0.05) is 0 Å². The molecular formula is C12H16N2O3. The minimum Gasteiger partial charge on any atom is -0.497 e. The van der Waals surface area contributed by atoms with Gasteiger partial charge in [0.2, 0.25) is 0 Å². The molecule has 1 aromatic carbocycles. The SMILES string of the molecule is CCOC(=O)/C=N/NCc1ccc(OC)cc1. The summed E-state index contributed by atoms with van der Waals surface area (Å²) in [6.07, 6.45) is 1.12. The number of carbonyl (C=O) groups is 1. The van der Waals surface area contributed by atoms with Gasteiger partial charge >= 0.3 is 5.97 Å². The van der Waals surface area contributed by atoms with Gasteiger partial charge in [-0.2, -0.15) is 5.10 Å². The van der Waals surface area contributed by atoms with E-state index >= 15 is 0 Å². The zero-order valence-corrected chi connectivity index (χ0v) is 9.97. The number of methoxy groups -OCH3 is 1. The Morgan fingerprint density at radius 2 is 2.12 bits per heavy atom. The van der Waals surface area contributed by atoms with Crippen LogP contribution in [0.25, 0.3) is 0 Å². The van der Waals surface area contributed by atoms with E-state index in [2.05, 4.69) is 15.3 Å². The van der Waals surface area contributed by atoms with Crippen molar-refractivity contribution in [3.05, 3.63) is 29.8 Å². The summed E-state index contributed by atoms with van der Waals surface area (Å²) in [6, 6.07) is 7.58. The number of rotatable bonds is 6.